The van der Waals surface area contributed by atoms with Crippen LogP contribution in [0.25, 0.3) is 0 Å². The minimum absolute atomic E-state index is 0.0281. The van der Waals surface area contributed by atoms with E-state index in [1.165, 1.54) is 0 Å². The first kappa shape index (κ1) is 17.2. The Balaban J connectivity index is 3.21. The molecule has 3 nitrogen and oxygen atoms in total. The zero-order valence-corrected chi connectivity index (χ0v) is 10.0. The van der Waals surface area contributed by atoms with Crippen LogP contribution >= 0.6 is 0 Å². The van der Waals surface area contributed by atoms with E-state index in [9.17, 15) is 35.5 Å². The summed E-state index contributed by atoms with van der Waals surface area (Å²) < 4.78 is 90.3. The van der Waals surface area contributed by atoms with Crippen LogP contribution in [-0.2, 0) is 17.4 Å². The second kappa shape index (κ2) is 5.17. The van der Waals surface area contributed by atoms with Crippen molar-refractivity contribution in [2.24, 2.45) is 5.73 Å². The van der Waals surface area contributed by atoms with Gasteiger partial charge in [-0.05, 0) is 23.8 Å². The third kappa shape index (κ3) is 3.43. The van der Waals surface area contributed by atoms with Crippen molar-refractivity contribution in [1.82, 2.24) is 0 Å². The van der Waals surface area contributed by atoms with Gasteiger partial charge in [0.25, 0.3) is 5.91 Å². The molecule has 1 atom stereocenters. The predicted octanol–water partition coefficient (Wildman–Crippen LogP) is 2.17. The van der Waals surface area contributed by atoms with Crippen molar-refractivity contribution >= 4 is 5.91 Å². The van der Waals surface area contributed by atoms with Gasteiger partial charge in [-0.25, -0.2) is 4.39 Å². The molecule has 1 amide bonds. The fourth-order valence-corrected chi connectivity index (χ4v) is 1.42. The first-order chi connectivity index (χ1) is 9.29. The Kier molecular flexibility index (Phi) is 4.24. The molecule has 0 saturated carbocycles. The molecule has 3 N–H and O–H groups in total. The summed E-state index contributed by atoms with van der Waals surface area (Å²) in [7, 11) is 0. The van der Waals surface area contributed by atoms with Crippen LogP contribution in [0.4, 0.5) is 30.7 Å². The van der Waals surface area contributed by atoms with Gasteiger partial charge in [0, 0.05) is 6.42 Å². The molecule has 1 unspecified atom stereocenters. The highest BCUT2D eigenvalue weighted by atomic mass is 19.4. The average molecular weight is 319 g/mol. The zero-order chi connectivity index (χ0) is 16.6. The first-order valence-electron chi connectivity index (χ1n) is 5.23. The Morgan fingerprint density at radius 3 is 2.10 bits per heavy atom. The van der Waals surface area contributed by atoms with E-state index >= 15 is 0 Å². The molecule has 0 bridgehead atoms. The summed E-state index contributed by atoms with van der Waals surface area (Å²) in [5.41, 5.74) is 1.55. The van der Waals surface area contributed by atoms with E-state index in [0.717, 1.165) is 0 Å². The van der Waals surface area contributed by atoms with Crippen LogP contribution in [0.2, 0.25) is 0 Å². The molecule has 10 heteroatoms. The van der Waals surface area contributed by atoms with Crippen LogP contribution in [0.3, 0.4) is 0 Å². The van der Waals surface area contributed by atoms with Gasteiger partial charge in [-0.15, -0.1) is 0 Å². The van der Waals surface area contributed by atoms with Gasteiger partial charge in [-0.1, -0.05) is 0 Å². The number of primary amides is 1. The molecule has 1 aromatic carbocycles. The number of aliphatic hydroxyl groups is 1. The fourth-order valence-electron chi connectivity index (χ4n) is 1.42. The number of halogens is 7. The van der Waals surface area contributed by atoms with E-state index in [0.29, 0.717) is 6.07 Å². The number of benzene rings is 1. The van der Waals surface area contributed by atoms with Crippen molar-refractivity contribution < 1.29 is 40.6 Å². The monoisotopic (exact) mass is 319 g/mol. The summed E-state index contributed by atoms with van der Waals surface area (Å²) in [5.74, 6) is -13.7. The first-order valence-corrected chi connectivity index (χ1v) is 5.23. The van der Waals surface area contributed by atoms with Crippen molar-refractivity contribution in [3.63, 3.8) is 0 Å². The standard InChI is InChI=1S/C11H8F7NO2/c12-7-2-1-6(11(16,17)18)3-5(7)4-9(13,14)10(15,21)8(19)20/h1-3,21H,4H2,(H2,19,20). The van der Waals surface area contributed by atoms with Gasteiger partial charge < -0.3 is 10.8 Å². The Labute approximate surface area is 113 Å². The van der Waals surface area contributed by atoms with Crippen molar-refractivity contribution in [1.29, 1.82) is 0 Å². The van der Waals surface area contributed by atoms with Crippen molar-refractivity contribution in [2.45, 2.75) is 24.4 Å². The summed E-state index contributed by atoms with van der Waals surface area (Å²) in [6.07, 6.45) is -6.92. The number of hydrogen-bond donors (Lipinski definition) is 2. The van der Waals surface area contributed by atoms with Gasteiger partial charge in [-0.3, -0.25) is 4.79 Å². The highest BCUT2D eigenvalue weighted by molar-refractivity contribution is 5.82. The number of carbonyl (C=O) groups is 1. The highest BCUT2D eigenvalue weighted by Crippen LogP contribution is 2.36. The summed E-state index contributed by atoms with van der Waals surface area (Å²) in [6, 6.07) is 0.586. The molecule has 0 aliphatic carbocycles. The van der Waals surface area contributed by atoms with Crippen LogP contribution in [-0.4, -0.2) is 22.8 Å². The molecule has 0 heterocycles. The molecule has 118 valence electrons. The minimum atomic E-state index is -4.94. The van der Waals surface area contributed by atoms with Crippen molar-refractivity contribution in [3.8, 4) is 0 Å². The Bertz CT molecular complexity index is 554. The second-order valence-electron chi connectivity index (χ2n) is 4.17. The maximum atomic E-state index is 13.4. The van der Waals surface area contributed by atoms with Crippen LogP contribution in [0.1, 0.15) is 11.1 Å². The maximum Gasteiger partial charge on any atom is 0.416 e. The van der Waals surface area contributed by atoms with Crippen LogP contribution in [0.15, 0.2) is 18.2 Å². The van der Waals surface area contributed by atoms with Gasteiger partial charge >= 0.3 is 18.0 Å². The number of carbonyl (C=O) groups excluding carboxylic acids is 1. The lowest BCUT2D eigenvalue weighted by Crippen LogP contribution is -2.55. The number of alkyl halides is 6. The Hall–Kier alpha value is -1.84. The second-order valence-corrected chi connectivity index (χ2v) is 4.17. The highest BCUT2D eigenvalue weighted by Gasteiger charge is 2.58. The lowest BCUT2D eigenvalue weighted by Gasteiger charge is -2.26. The van der Waals surface area contributed by atoms with E-state index in [1.807, 2.05) is 0 Å². The Morgan fingerprint density at radius 2 is 1.67 bits per heavy atom. The summed E-state index contributed by atoms with van der Waals surface area (Å²) in [5, 5.41) is 8.66. The lowest BCUT2D eigenvalue weighted by molar-refractivity contribution is -0.240. The number of nitrogens with two attached hydrogens (primary N) is 1. The van der Waals surface area contributed by atoms with Gasteiger partial charge in [0.15, 0.2) is 0 Å². The smallest absolute Gasteiger partial charge is 0.364 e. The largest absolute Gasteiger partial charge is 0.416 e. The molecular formula is C11H8F7NO2. The maximum absolute atomic E-state index is 13.4. The molecule has 0 aromatic heterocycles. The van der Waals surface area contributed by atoms with E-state index in [2.05, 4.69) is 5.73 Å². The molecule has 0 aliphatic rings. The molecule has 0 spiro atoms. The SMILES string of the molecule is NC(=O)C(O)(F)C(F)(F)Cc1cc(C(F)(F)F)ccc1F. The quantitative estimate of drug-likeness (QED) is 0.836. The third-order valence-corrected chi connectivity index (χ3v) is 2.60. The van der Waals surface area contributed by atoms with E-state index in [4.69, 9.17) is 5.11 Å². The van der Waals surface area contributed by atoms with Crippen LogP contribution in [0, 0.1) is 5.82 Å². The predicted molar refractivity (Wildman–Crippen MR) is 55.3 cm³/mol. The Morgan fingerprint density at radius 1 is 1.14 bits per heavy atom. The van der Waals surface area contributed by atoms with E-state index < -0.39 is 47.2 Å². The third-order valence-electron chi connectivity index (χ3n) is 2.60. The molecule has 0 radical (unpaired) electrons. The fraction of sp³-hybridized carbons (Fsp3) is 0.364. The van der Waals surface area contributed by atoms with E-state index in [-0.39, 0.29) is 12.1 Å². The van der Waals surface area contributed by atoms with Crippen LogP contribution < -0.4 is 5.73 Å². The van der Waals surface area contributed by atoms with Gasteiger partial charge in [0.2, 0.25) is 0 Å². The molecule has 1 aromatic rings. The summed E-state index contributed by atoms with van der Waals surface area (Å²) >= 11 is 0. The zero-order valence-electron chi connectivity index (χ0n) is 10.0. The lowest BCUT2D eigenvalue weighted by atomic mass is 9.98. The summed E-state index contributed by atoms with van der Waals surface area (Å²) in [4.78, 5) is 10.4. The summed E-state index contributed by atoms with van der Waals surface area (Å²) in [6.45, 7) is 0. The van der Waals surface area contributed by atoms with Crippen LogP contribution in [0.5, 0.6) is 0 Å². The molecule has 21 heavy (non-hydrogen) atoms. The van der Waals surface area contributed by atoms with Crippen molar-refractivity contribution in [3.05, 3.63) is 35.1 Å². The number of rotatable bonds is 4. The topological polar surface area (TPSA) is 63.3 Å². The van der Waals surface area contributed by atoms with E-state index in [1.54, 1.807) is 0 Å². The molecular weight excluding hydrogens is 311 g/mol. The molecule has 0 fully saturated rings. The molecule has 0 aliphatic heterocycles. The molecule has 1 rings (SSSR count). The molecule has 0 saturated heterocycles. The number of hydrogen-bond acceptors (Lipinski definition) is 2. The van der Waals surface area contributed by atoms with Gasteiger partial charge in [0.05, 0.1) is 5.56 Å². The average Bonchev–Trinajstić information content (AvgIpc) is 2.29. The number of amides is 1. The van der Waals surface area contributed by atoms with Crippen molar-refractivity contribution in [2.75, 3.05) is 0 Å². The van der Waals surface area contributed by atoms with Gasteiger partial charge in [0.1, 0.15) is 5.82 Å². The normalized spacial score (nSPS) is 15.6. The van der Waals surface area contributed by atoms with Gasteiger partial charge in [-0.2, -0.15) is 26.3 Å². The minimum Gasteiger partial charge on any atom is -0.364 e.